The number of halogens is 1. The van der Waals surface area contributed by atoms with E-state index in [9.17, 15) is 13.2 Å². The van der Waals surface area contributed by atoms with Crippen LogP contribution in [0.3, 0.4) is 0 Å². The number of aromatic nitrogens is 1. The molecule has 10 heteroatoms. The topological polar surface area (TPSA) is 112 Å². The highest BCUT2D eigenvalue weighted by Gasteiger charge is 2.36. The molecule has 1 amide bonds. The molecule has 41 heavy (non-hydrogen) atoms. The molecule has 0 aliphatic rings. The van der Waals surface area contributed by atoms with Gasteiger partial charge in [0.25, 0.3) is 10.0 Å². The van der Waals surface area contributed by atoms with Crippen molar-refractivity contribution in [2.75, 3.05) is 0 Å². The molecule has 0 aliphatic heterocycles. The predicted molar refractivity (Wildman–Crippen MR) is 161 cm³/mol. The first kappa shape index (κ1) is 29.8. The highest BCUT2D eigenvalue weighted by molar-refractivity contribution is 7.90. The molecular formula is C31H31ClN4O4S. The van der Waals surface area contributed by atoms with Gasteiger partial charge in [0.1, 0.15) is 5.60 Å². The Kier molecular flexibility index (Phi) is 8.80. The maximum Gasteiger partial charge on any atom is 0.431 e. The molecule has 1 heterocycles. The minimum absolute atomic E-state index is 0.0181. The highest BCUT2D eigenvalue weighted by Crippen LogP contribution is 2.32. The average Bonchev–Trinajstić information content (AvgIpc) is 2.92. The Morgan fingerprint density at radius 2 is 1.59 bits per heavy atom. The fourth-order valence-corrected chi connectivity index (χ4v) is 5.34. The number of nitrogens with zero attached hydrogens (tertiary/aromatic N) is 2. The van der Waals surface area contributed by atoms with Gasteiger partial charge in [-0.05, 0) is 69.2 Å². The lowest BCUT2D eigenvalue weighted by atomic mass is 9.97. The van der Waals surface area contributed by atoms with Crippen LogP contribution in [0.2, 0.25) is 5.02 Å². The Bertz CT molecular complexity index is 1650. The van der Waals surface area contributed by atoms with E-state index in [1.54, 1.807) is 45.2 Å². The Morgan fingerprint density at radius 1 is 0.976 bits per heavy atom. The smallest absolute Gasteiger partial charge is 0.431 e. The number of benzene rings is 3. The van der Waals surface area contributed by atoms with Crippen LogP contribution in [0.25, 0.3) is 22.4 Å². The quantitative estimate of drug-likeness (QED) is 0.184. The zero-order valence-corrected chi connectivity index (χ0v) is 24.8. The van der Waals surface area contributed by atoms with Gasteiger partial charge in [-0.1, -0.05) is 71.8 Å². The second-order valence-electron chi connectivity index (χ2n) is 10.4. The Labute approximate surface area is 245 Å². The number of guanidine groups is 1. The van der Waals surface area contributed by atoms with E-state index in [0.29, 0.717) is 14.9 Å². The minimum atomic E-state index is -4.43. The van der Waals surface area contributed by atoms with Crippen LogP contribution in [0.5, 0.6) is 0 Å². The average molecular weight is 591 g/mol. The van der Waals surface area contributed by atoms with Crippen molar-refractivity contribution in [3.05, 3.63) is 107 Å². The van der Waals surface area contributed by atoms with Crippen molar-refractivity contribution in [3.63, 3.8) is 0 Å². The summed E-state index contributed by atoms with van der Waals surface area (Å²) in [7, 11) is -4.43. The van der Waals surface area contributed by atoms with Crippen LogP contribution in [0.4, 0.5) is 4.79 Å². The molecule has 0 aliphatic carbocycles. The number of hydrogen-bond acceptors (Lipinski definition) is 6. The van der Waals surface area contributed by atoms with Crippen LogP contribution in [-0.4, -0.2) is 35.4 Å². The molecule has 3 aromatic carbocycles. The van der Waals surface area contributed by atoms with Gasteiger partial charge >= 0.3 is 6.09 Å². The number of pyridine rings is 1. The molecule has 0 unspecified atom stereocenters. The van der Waals surface area contributed by atoms with Crippen LogP contribution in [0, 0.1) is 12.3 Å². The van der Waals surface area contributed by atoms with Crippen molar-refractivity contribution in [2.45, 2.75) is 44.7 Å². The van der Waals surface area contributed by atoms with Gasteiger partial charge in [0, 0.05) is 28.9 Å². The van der Waals surface area contributed by atoms with Gasteiger partial charge < -0.3 is 10.1 Å². The van der Waals surface area contributed by atoms with Crippen LogP contribution >= 0.6 is 11.6 Å². The molecule has 0 fully saturated rings. The maximum absolute atomic E-state index is 13.4. The number of carbonyl (C=O) groups excluding carboxylic acids is 1. The lowest BCUT2D eigenvalue weighted by molar-refractivity contribution is 0.0460. The molecule has 0 saturated heterocycles. The van der Waals surface area contributed by atoms with E-state index in [-0.39, 0.29) is 11.4 Å². The van der Waals surface area contributed by atoms with Crippen LogP contribution in [0.1, 0.15) is 31.9 Å². The molecule has 0 bridgehead atoms. The van der Waals surface area contributed by atoms with Crippen molar-refractivity contribution in [2.24, 2.45) is 0 Å². The van der Waals surface area contributed by atoms with Gasteiger partial charge in [0.05, 0.1) is 10.6 Å². The molecule has 4 rings (SSSR count). The number of sulfonamides is 1. The monoisotopic (exact) mass is 590 g/mol. The van der Waals surface area contributed by atoms with E-state index in [2.05, 4.69) is 5.32 Å². The molecule has 0 spiro atoms. The maximum atomic E-state index is 13.4. The minimum Gasteiger partial charge on any atom is -0.443 e. The molecule has 1 aromatic heterocycles. The number of ether oxygens (including phenoxy) is 1. The molecule has 8 nitrogen and oxygen atoms in total. The van der Waals surface area contributed by atoms with Crippen molar-refractivity contribution in [1.29, 1.82) is 5.41 Å². The number of aryl methyl sites for hydroxylation is 1. The normalized spacial score (nSPS) is 11.5. The summed E-state index contributed by atoms with van der Waals surface area (Å²) in [5.41, 5.74) is 4.21. The molecule has 2 N–H and O–H groups in total. The SMILES string of the molecule is Cc1ccc(-c2ncc(CNC(=N)N(C(=O)OC(C)(C)C)S(=O)(=O)c3ccccc3)cc2-c2ccc(Cl)cc2)cc1. The van der Waals surface area contributed by atoms with E-state index in [1.807, 2.05) is 49.4 Å². The summed E-state index contributed by atoms with van der Waals surface area (Å²) in [5, 5.41) is 11.9. The van der Waals surface area contributed by atoms with Gasteiger partial charge in [-0.15, -0.1) is 4.31 Å². The van der Waals surface area contributed by atoms with Crippen LogP contribution < -0.4 is 5.32 Å². The van der Waals surface area contributed by atoms with E-state index in [1.165, 1.54) is 24.3 Å². The largest absolute Gasteiger partial charge is 0.443 e. The van der Waals surface area contributed by atoms with Gasteiger partial charge in [0.2, 0.25) is 5.96 Å². The second kappa shape index (κ2) is 12.1. The van der Waals surface area contributed by atoms with Gasteiger partial charge in [0.15, 0.2) is 0 Å². The van der Waals surface area contributed by atoms with Gasteiger partial charge in [-0.25, -0.2) is 13.2 Å². The summed E-state index contributed by atoms with van der Waals surface area (Å²) in [6.45, 7) is 6.89. The second-order valence-corrected chi connectivity index (χ2v) is 12.6. The molecule has 212 valence electrons. The van der Waals surface area contributed by atoms with Gasteiger partial charge in [-0.3, -0.25) is 10.4 Å². The number of hydrogen-bond donors (Lipinski definition) is 2. The molecule has 4 aromatic rings. The van der Waals surface area contributed by atoms with Crippen molar-refractivity contribution in [3.8, 4) is 22.4 Å². The lowest BCUT2D eigenvalue weighted by Gasteiger charge is -2.27. The van der Waals surface area contributed by atoms with Crippen LogP contribution in [0.15, 0.2) is 96.0 Å². The summed E-state index contributed by atoms with van der Waals surface area (Å²) in [4.78, 5) is 17.6. The molecular weight excluding hydrogens is 560 g/mol. The first-order chi connectivity index (χ1) is 19.3. The van der Waals surface area contributed by atoms with Gasteiger partial charge in [-0.2, -0.15) is 0 Å². The fraction of sp³-hybridized carbons (Fsp3) is 0.194. The van der Waals surface area contributed by atoms with E-state index >= 15 is 0 Å². The van der Waals surface area contributed by atoms with Crippen LogP contribution in [-0.2, 0) is 21.3 Å². The summed E-state index contributed by atoms with van der Waals surface area (Å²) in [6, 6.07) is 24.8. The summed E-state index contributed by atoms with van der Waals surface area (Å²) in [5.74, 6) is -0.654. The van der Waals surface area contributed by atoms with Crippen molar-refractivity contribution >= 4 is 33.7 Å². The molecule has 0 saturated carbocycles. The Morgan fingerprint density at radius 3 is 2.20 bits per heavy atom. The summed E-state index contributed by atoms with van der Waals surface area (Å²) >= 11 is 6.12. The standard InChI is InChI=1S/C31H31ClN4O4S/c1-21-10-12-24(13-11-21)28-27(23-14-16-25(32)17-15-23)18-22(19-34-28)20-35-29(33)36(30(37)40-31(2,3)4)41(38,39)26-8-6-5-7-9-26/h5-19H,20H2,1-4H3,(H2,33,35). The van der Waals surface area contributed by atoms with Crippen molar-refractivity contribution in [1.82, 2.24) is 14.6 Å². The third-order valence-electron chi connectivity index (χ3n) is 5.93. The fourth-order valence-electron chi connectivity index (χ4n) is 3.96. The molecule has 0 radical (unpaired) electrons. The zero-order chi connectivity index (χ0) is 29.8. The highest BCUT2D eigenvalue weighted by atomic mass is 35.5. The zero-order valence-electron chi connectivity index (χ0n) is 23.2. The van der Waals surface area contributed by atoms with E-state index in [4.69, 9.17) is 26.7 Å². The third kappa shape index (κ3) is 7.31. The third-order valence-corrected chi connectivity index (χ3v) is 7.86. The molecule has 0 atom stereocenters. The summed E-state index contributed by atoms with van der Waals surface area (Å²) in [6.07, 6.45) is 0.465. The number of nitrogens with one attached hydrogen (secondary N) is 2. The number of rotatable bonds is 6. The first-order valence-corrected chi connectivity index (χ1v) is 14.6. The van der Waals surface area contributed by atoms with Crippen molar-refractivity contribution < 1.29 is 17.9 Å². The summed E-state index contributed by atoms with van der Waals surface area (Å²) < 4.78 is 32.5. The lowest BCUT2D eigenvalue weighted by Crippen LogP contribution is -2.49. The number of amides is 1. The Hall–Kier alpha value is -4.21. The van der Waals surface area contributed by atoms with E-state index in [0.717, 1.165) is 27.9 Å². The first-order valence-electron chi connectivity index (χ1n) is 12.8. The number of carbonyl (C=O) groups is 1. The Balaban J connectivity index is 1.66. The van der Waals surface area contributed by atoms with E-state index < -0.39 is 27.7 Å². The predicted octanol–water partition coefficient (Wildman–Crippen LogP) is 7.03.